The van der Waals surface area contributed by atoms with E-state index >= 15 is 0 Å². The molecule has 0 unspecified atom stereocenters. The van der Waals surface area contributed by atoms with Gasteiger partial charge in [-0.2, -0.15) is 0 Å². The van der Waals surface area contributed by atoms with E-state index in [9.17, 15) is 14.7 Å². The molecule has 0 fully saturated rings. The fourth-order valence-electron chi connectivity index (χ4n) is 1.19. The van der Waals surface area contributed by atoms with Gasteiger partial charge in [0, 0.05) is 12.1 Å². The van der Waals surface area contributed by atoms with Crippen LogP contribution in [-0.2, 0) is 13.6 Å². The van der Waals surface area contributed by atoms with Gasteiger partial charge in [-0.3, -0.25) is 19.2 Å². The Hall–Kier alpha value is -1.63. The molecular formula is C10H14N3O5P. The van der Waals surface area contributed by atoms with Gasteiger partial charge >= 0.3 is 7.75 Å². The number of benzene rings is 1. The molecular weight excluding hydrogens is 273 g/mol. The monoisotopic (exact) mass is 287 g/mol. The van der Waals surface area contributed by atoms with E-state index < -0.39 is 12.7 Å². The molecule has 9 heteroatoms. The largest absolute Gasteiger partial charge is 0.472 e. The summed E-state index contributed by atoms with van der Waals surface area (Å²) in [5.41, 5.74) is 0.0768. The van der Waals surface area contributed by atoms with E-state index in [1.165, 1.54) is 24.3 Å². The summed E-state index contributed by atoms with van der Waals surface area (Å²) in [6.07, 6.45) is 0. The normalized spacial score (nSPS) is 11.9. The van der Waals surface area contributed by atoms with Gasteiger partial charge in [-0.15, -0.1) is 5.11 Å². The van der Waals surface area contributed by atoms with E-state index in [2.05, 4.69) is 10.00 Å². The van der Waals surface area contributed by atoms with Crippen LogP contribution >= 0.6 is 7.75 Å². The van der Waals surface area contributed by atoms with Crippen LogP contribution in [0, 0.1) is 10.1 Å². The van der Waals surface area contributed by atoms with Crippen LogP contribution in [-0.4, -0.2) is 18.1 Å². The molecule has 1 rings (SSSR count). The van der Waals surface area contributed by atoms with Crippen molar-refractivity contribution in [2.75, 3.05) is 13.2 Å². The molecule has 0 spiro atoms. The quantitative estimate of drug-likeness (QED) is 0.328. The average Bonchev–Trinajstić information content (AvgIpc) is 2.37. The van der Waals surface area contributed by atoms with Crippen molar-refractivity contribution < 1.29 is 18.5 Å². The zero-order valence-electron chi connectivity index (χ0n) is 10.6. The van der Waals surface area contributed by atoms with Crippen molar-refractivity contribution >= 4 is 19.1 Å². The molecule has 19 heavy (non-hydrogen) atoms. The standard InChI is InChI=1S/C10H14N3O5P/c1-3-17-19(16,18-4-2)12-11-9-6-5-7-10(8-9)13(14)15/h5-8H,3-4H2,1-2H3. The molecule has 1 aromatic rings. The highest BCUT2D eigenvalue weighted by atomic mass is 31.2. The summed E-state index contributed by atoms with van der Waals surface area (Å²) in [7, 11) is -3.64. The zero-order chi connectivity index (χ0) is 14.3. The van der Waals surface area contributed by atoms with E-state index in [-0.39, 0.29) is 24.6 Å². The number of rotatable bonds is 7. The van der Waals surface area contributed by atoms with E-state index in [1.807, 2.05) is 0 Å². The fourth-order valence-corrected chi connectivity index (χ4v) is 2.23. The van der Waals surface area contributed by atoms with Crippen molar-refractivity contribution in [1.82, 2.24) is 0 Å². The lowest BCUT2D eigenvalue weighted by atomic mass is 10.3. The molecule has 0 bridgehead atoms. The second-order valence-corrected chi connectivity index (χ2v) is 4.90. The summed E-state index contributed by atoms with van der Waals surface area (Å²) in [5.74, 6) is 0. The molecule has 0 heterocycles. The summed E-state index contributed by atoms with van der Waals surface area (Å²) in [5, 5.41) is 14.3. The third-order valence-electron chi connectivity index (χ3n) is 1.89. The maximum absolute atomic E-state index is 12.0. The number of nitro benzene ring substituents is 1. The Morgan fingerprint density at radius 1 is 1.32 bits per heavy atom. The Labute approximate surface area is 110 Å². The number of hydrogen-bond acceptors (Lipinski definition) is 6. The molecule has 0 aliphatic rings. The second-order valence-electron chi connectivity index (χ2n) is 3.27. The Morgan fingerprint density at radius 3 is 2.47 bits per heavy atom. The van der Waals surface area contributed by atoms with E-state index in [1.54, 1.807) is 13.8 Å². The summed E-state index contributed by atoms with van der Waals surface area (Å²) >= 11 is 0. The number of non-ortho nitro benzene ring substituents is 1. The van der Waals surface area contributed by atoms with Crippen molar-refractivity contribution in [3.63, 3.8) is 0 Å². The lowest BCUT2D eigenvalue weighted by molar-refractivity contribution is -0.384. The van der Waals surface area contributed by atoms with Crippen LogP contribution in [0.15, 0.2) is 34.3 Å². The van der Waals surface area contributed by atoms with Gasteiger partial charge in [0.05, 0.1) is 23.8 Å². The van der Waals surface area contributed by atoms with Gasteiger partial charge in [-0.1, -0.05) is 11.0 Å². The number of nitrogens with zero attached hydrogens (tertiary/aromatic N) is 3. The second kappa shape index (κ2) is 7.08. The molecule has 0 saturated heterocycles. The van der Waals surface area contributed by atoms with Crippen LogP contribution < -0.4 is 0 Å². The first-order chi connectivity index (χ1) is 9.00. The Kier molecular flexibility index (Phi) is 5.75. The molecule has 0 atom stereocenters. The number of hydrogen-bond donors (Lipinski definition) is 0. The highest BCUT2D eigenvalue weighted by Crippen LogP contribution is 2.50. The van der Waals surface area contributed by atoms with E-state index in [0.717, 1.165) is 0 Å². The van der Waals surface area contributed by atoms with Crippen LogP contribution in [0.5, 0.6) is 0 Å². The lowest BCUT2D eigenvalue weighted by Gasteiger charge is -2.09. The van der Waals surface area contributed by atoms with Crippen LogP contribution in [0.2, 0.25) is 0 Å². The summed E-state index contributed by atoms with van der Waals surface area (Å²) in [6, 6.07) is 5.49. The van der Waals surface area contributed by atoms with Gasteiger partial charge in [0.1, 0.15) is 0 Å². The smallest absolute Gasteiger partial charge is 0.290 e. The third kappa shape index (κ3) is 4.86. The van der Waals surface area contributed by atoms with E-state index in [4.69, 9.17) is 9.05 Å². The van der Waals surface area contributed by atoms with Crippen LogP contribution in [0.4, 0.5) is 11.4 Å². The molecule has 1 aromatic carbocycles. The summed E-state index contributed by atoms with van der Waals surface area (Å²) in [6.45, 7) is 3.61. The van der Waals surface area contributed by atoms with Crippen molar-refractivity contribution in [1.29, 1.82) is 0 Å². The van der Waals surface area contributed by atoms with Gasteiger partial charge in [0.2, 0.25) is 0 Å². The maximum Gasteiger partial charge on any atom is 0.472 e. The van der Waals surface area contributed by atoms with Gasteiger partial charge < -0.3 is 0 Å². The van der Waals surface area contributed by atoms with Crippen LogP contribution in [0.1, 0.15) is 13.8 Å². The minimum Gasteiger partial charge on any atom is -0.290 e. The van der Waals surface area contributed by atoms with Crippen LogP contribution in [0.25, 0.3) is 0 Å². The van der Waals surface area contributed by atoms with E-state index in [0.29, 0.717) is 0 Å². The first kappa shape index (κ1) is 15.4. The Balaban J connectivity index is 2.92. The SMILES string of the molecule is CCOP(=O)(N=Nc1cccc([N+](=O)[O-])c1)OCC. The van der Waals surface area contributed by atoms with Gasteiger partial charge in [0.25, 0.3) is 5.69 Å². The molecule has 104 valence electrons. The molecule has 0 radical (unpaired) electrons. The van der Waals surface area contributed by atoms with Gasteiger partial charge in [0.15, 0.2) is 0 Å². The van der Waals surface area contributed by atoms with Gasteiger partial charge in [-0.05, 0) is 19.9 Å². The molecule has 0 amide bonds. The first-order valence-corrected chi connectivity index (χ1v) is 7.07. The highest BCUT2D eigenvalue weighted by molar-refractivity contribution is 7.52. The molecule has 0 aliphatic carbocycles. The van der Waals surface area contributed by atoms with Gasteiger partial charge in [-0.25, -0.2) is 4.57 Å². The van der Waals surface area contributed by atoms with Crippen molar-refractivity contribution in [3.8, 4) is 0 Å². The molecule has 0 N–H and O–H groups in total. The third-order valence-corrected chi connectivity index (χ3v) is 3.37. The summed E-state index contributed by atoms with van der Waals surface area (Å²) < 4.78 is 21.8. The van der Waals surface area contributed by atoms with Crippen molar-refractivity contribution in [2.45, 2.75) is 13.8 Å². The van der Waals surface area contributed by atoms with Crippen molar-refractivity contribution in [3.05, 3.63) is 34.4 Å². The maximum atomic E-state index is 12.0. The molecule has 0 saturated carbocycles. The minimum absolute atomic E-state index is 0.126. The predicted molar refractivity (Wildman–Crippen MR) is 68.5 cm³/mol. The highest BCUT2D eigenvalue weighted by Gasteiger charge is 2.23. The predicted octanol–water partition coefficient (Wildman–Crippen LogP) is 3.86. The average molecular weight is 287 g/mol. The Bertz CT molecular complexity index is 510. The van der Waals surface area contributed by atoms with Crippen LogP contribution in [0.3, 0.4) is 0 Å². The minimum atomic E-state index is -3.64. The summed E-state index contributed by atoms with van der Waals surface area (Å²) in [4.78, 5) is 13.6. The lowest BCUT2D eigenvalue weighted by Crippen LogP contribution is -1.92. The number of nitro groups is 1. The molecule has 0 aromatic heterocycles. The molecule has 8 nitrogen and oxygen atoms in total. The zero-order valence-corrected chi connectivity index (χ0v) is 11.4. The molecule has 0 aliphatic heterocycles. The topological polar surface area (TPSA) is 103 Å². The first-order valence-electron chi connectivity index (χ1n) is 5.57. The fraction of sp³-hybridized carbons (Fsp3) is 0.400. The Morgan fingerprint density at radius 2 is 1.95 bits per heavy atom. The van der Waals surface area contributed by atoms with Crippen molar-refractivity contribution in [2.24, 2.45) is 10.00 Å².